The first-order valence-electron chi connectivity index (χ1n) is 6.05. The van der Waals surface area contributed by atoms with Crippen LogP contribution < -0.4 is 0 Å². The largest absolute Gasteiger partial charge is 0.393 e. The van der Waals surface area contributed by atoms with Gasteiger partial charge >= 0.3 is 0 Å². The average Bonchev–Trinajstić information content (AvgIpc) is 2.14. The number of hydrogen-bond acceptors (Lipinski definition) is 2. The van der Waals surface area contributed by atoms with Crippen molar-refractivity contribution in [2.45, 2.75) is 57.6 Å². The van der Waals surface area contributed by atoms with Gasteiger partial charge in [0.15, 0.2) is 0 Å². The van der Waals surface area contributed by atoms with Crippen LogP contribution in [0.5, 0.6) is 0 Å². The quantitative estimate of drug-likeness (QED) is 0.715. The summed E-state index contributed by atoms with van der Waals surface area (Å²) in [7, 11) is 0. The summed E-state index contributed by atoms with van der Waals surface area (Å²) < 4.78 is 0. The maximum absolute atomic E-state index is 12.1. The van der Waals surface area contributed by atoms with Gasteiger partial charge in [0.05, 0.1) is 6.10 Å². The summed E-state index contributed by atoms with van der Waals surface area (Å²) >= 11 is 0. The first kappa shape index (κ1) is 10.9. The zero-order valence-electron chi connectivity index (χ0n) is 9.70. The number of nitrogens with zero attached hydrogens (tertiary/aromatic N) is 1. The first-order chi connectivity index (χ1) is 7.05. The molecule has 2 rings (SSSR count). The van der Waals surface area contributed by atoms with Crippen LogP contribution in [0.4, 0.5) is 0 Å². The summed E-state index contributed by atoms with van der Waals surface area (Å²) in [6.07, 6.45) is 4.73. The summed E-state index contributed by atoms with van der Waals surface area (Å²) in [6, 6.07) is 0. The summed E-state index contributed by atoms with van der Waals surface area (Å²) in [5, 5.41) is 9.71. The molecular weight excluding hydrogens is 190 g/mol. The standard InChI is InChI=1S/C12H21NO2/c1-9(2)11(15)13-7-4-10(14)8-12(13)5-3-6-12/h9-10,14H,3-8H2,1-2H3. The van der Waals surface area contributed by atoms with E-state index in [1.807, 2.05) is 18.7 Å². The van der Waals surface area contributed by atoms with Crippen LogP contribution in [-0.4, -0.2) is 34.1 Å². The van der Waals surface area contributed by atoms with Crippen molar-refractivity contribution in [1.29, 1.82) is 0 Å². The van der Waals surface area contributed by atoms with E-state index < -0.39 is 0 Å². The highest BCUT2D eigenvalue weighted by molar-refractivity contribution is 5.79. The number of hydrogen-bond donors (Lipinski definition) is 1. The highest BCUT2D eigenvalue weighted by Crippen LogP contribution is 2.44. The fourth-order valence-corrected chi connectivity index (χ4v) is 2.88. The van der Waals surface area contributed by atoms with E-state index in [4.69, 9.17) is 0 Å². The van der Waals surface area contributed by atoms with E-state index in [0.29, 0.717) is 0 Å². The smallest absolute Gasteiger partial charge is 0.225 e. The highest BCUT2D eigenvalue weighted by Gasteiger charge is 2.48. The third kappa shape index (κ3) is 1.78. The van der Waals surface area contributed by atoms with Crippen LogP contribution in [0.25, 0.3) is 0 Å². The molecule has 0 aromatic heterocycles. The molecule has 1 N–H and O–H groups in total. The molecule has 1 aliphatic carbocycles. The van der Waals surface area contributed by atoms with Gasteiger partial charge in [0.25, 0.3) is 0 Å². The Kier molecular flexibility index (Phi) is 2.75. The Morgan fingerprint density at radius 1 is 1.47 bits per heavy atom. The molecule has 1 unspecified atom stereocenters. The Labute approximate surface area is 91.5 Å². The van der Waals surface area contributed by atoms with Gasteiger partial charge in [-0.3, -0.25) is 4.79 Å². The molecule has 0 bridgehead atoms. The number of aliphatic hydroxyl groups excluding tert-OH is 1. The predicted octanol–water partition coefficient (Wildman–Crippen LogP) is 1.55. The SMILES string of the molecule is CC(C)C(=O)N1CCC(O)CC12CCC2. The van der Waals surface area contributed by atoms with Crippen LogP contribution >= 0.6 is 0 Å². The van der Waals surface area contributed by atoms with Crippen molar-refractivity contribution in [3.63, 3.8) is 0 Å². The van der Waals surface area contributed by atoms with E-state index in [2.05, 4.69) is 0 Å². The Morgan fingerprint density at radius 2 is 2.13 bits per heavy atom. The lowest BCUT2D eigenvalue weighted by molar-refractivity contribution is -0.153. The van der Waals surface area contributed by atoms with Gasteiger partial charge in [0, 0.05) is 18.0 Å². The second kappa shape index (κ2) is 3.78. The van der Waals surface area contributed by atoms with Gasteiger partial charge in [0.2, 0.25) is 5.91 Å². The zero-order valence-corrected chi connectivity index (χ0v) is 9.70. The van der Waals surface area contributed by atoms with E-state index in [1.165, 1.54) is 6.42 Å². The van der Waals surface area contributed by atoms with E-state index in [0.717, 1.165) is 32.2 Å². The van der Waals surface area contributed by atoms with Crippen LogP contribution in [-0.2, 0) is 4.79 Å². The van der Waals surface area contributed by atoms with Crippen molar-refractivity contribution in [3.05, 3.63) is 0 Å². The molecule has 1 saturated heterocycles. The summed E-state index contributed by atoms with van der Waals surface area (Å²) in [6.45, 7) is 4.66. The van der Waals surface area contributed by atoms with Gasteiger partial charge in [-0.15, -0.1) is 0 Å². The van der Waals surface area contributed by atoms with Gasteiger partial charge in [-0.25, -0.2) is 0 Å². The lowest BCUT2D eigenvalue weighted by Crippen LogP contribution is -2.61. The molecule has 0 radical (unpaired) electrons. The lowest BCUT2D eigenvalue weighted by atomic mass is 9.69. The number of rotatable bonds is 1. The van der Waals surface area contributed by atoms with Crippen molar-refractivity contribution in [3.8, 4) is 0 Å². The fourth-order valence-electron chi connectivity index (χ4n) is 2.88. The minimum absolute atomic E-state index is 0.0268. The fraction of sp³-hybridized carbons (Fsp3) is 0.917. The molecule has 3 nitrogen and oxygen atoms in total. The maximum Gasteiger partial charge on any atom is 0.225 e. The molecule has 0 aromatic rings. The highest BCUT2D eigenvalue weighted by atomic mass is 16.3. The van der Waals surface area contributed by atoms with Crippen molar-refractivity contribution in [2.24, 2.45) is 5.92 Å². The van der Waals surface area contributed by atoms with Crippen LogP contribution in [0.2, 0.25) is 0 Å². The maximum atomic E-state index is 12.1. The lowest BCUT2D eigenvalue weighted by Gasteiger charge is -2.54. The Bertz CT molecular complexity index is 258. The van der Waals surface area contributed by atoms with Crippen molar-refractivity contribution < 1.29 is 9.90 Å². The molecule has 0 aromatic carbocycles. The van der Waals surface area contributed by atoms with E-state index >= 15 is 0 Å². The third-order valence-corrected chi connectivity index (χ3v) is 3.92. The predicted molar refractivity (Wildman–Crippen MR) is 58.4 cm³/mol. The van der Waals surface area contributed by atoms with Gasteiger partial charge in [-0.05, 0) is 32.1 Å². The number of likely N-dealkylation sites (tertiary alicyclic amines) is 1. The summed E-state index contributed by atoms with van der Waals surface area (Å²) in [5.74, 6) is 0.347. The molecule has 86 valence electrons. The molecule has 15 heavy (non-hydrogen) atoms. The molecule has 1 amide bonds. The van der Waals surface area contributed by atoms with Crippen LogP contribution in [0.1, 0.15) is 46.0 Å². The molecule has 1 heterocycles. The topological polar surface area (TPSA) is 40.5 Å². The number of amides is 1. The van der Waals surface area contributed by atoms with Gasteiger partial charge in [-0.2, -0.15) is 0 Å². The number of piperidine rings is 1. The second-order valence-corrected chi connectivity index (χ2v) is 5.37. The second-order valence-electron chi connectivity index (χ2n) is 5.37. The van der Waals surface area contributed by atoms with E-state index in [-0.39, 0.29) is 23.5 Å². The number of carbonyl (C=O) groups excluding carboxylic acids is 1. The van der Waals surface area contributed by atoms with Crippen LogP contribution in [0, 0.1) is 5.92 Å². The summed E-state index contributed by atoms with van der Waals surface area (Å²) in [5.41, 5.74) is 0.0268. The van der Waals surface area contributed by atoms with Gasteiger partial charge < -0.3 is 10.0 Å². The first-order valence-corrected chi connectivity index (χ1v) is 6.05. The number of aliphatic hydroxyl groups is 1. The van der Waals surface area contributed by atoms with Gasteiger partial charge in [0.1, 0.15) is 0 Å². The molecule has 2 aliphatic rings. The molecule has 1 spiro atoms. The van der Waals surface area contributed by atoms with Gasteiger partial charge in [-0.1, -0.05) is 13.8 Å². The van der Waals surface area contributed by atoms with Crippen LogP contribution in [0.15, 0.2) is 0 Å². The van der Waals surface area contributed by atoms with Crippen LogP contribution in [0.3, 0.4) is 0 Å². The van der Waals surface area contributed by atoms with Crippen molar-refractivity contribution in [1.82, 2.24) is 4.90 Å². The molecule has 1 saturated carbocycles. The average molecular weight is 211 g/mol. The molecule has 1 atom stereocenters. The Balaban J connectivity index is 2.12. The summed E-state index contributed by atoms with van der Waals surface area (Å²) in [4.78, 5) is 14.1. The van der Waals surface area contributed by atoms with E-state index in [1.54, 1.807) is 0 Å². The van der Waals surface area contributed by atoms with Crippen molar-refractivity contribution in [2.75, 3.05) is 6.54 Å². The Morgan fingerprint density at radius 3 is 2.60 bits per heavy atom. The number of carbonyl (C=O) groups is 1. The minimum atomic E-state index is -0.193. The molecule has 2 fully saturated rings. The normalized spacial score (nSPS) is 29.3. The Hall–Kier alpha value is -0.570. The monoisotopic (exact) mass is 211 g/mol. The minimum Gasteiger partial charge on any atom is -0.393 e. The van der Waals surface area contributed by atoms with Crippen molar-refractivity contribution >= 4 is 5.91 Å². The zero-order chi connectivity index (χ0) is 11.1. The molecular formula is C12H21NO2. The van der Waals surface area contributed by atoms with E-state index in [9.17, 15) is 9.90 Å². The molecule has 1 aliphatic heterocycles. The molecule has 3 heteroatoms. The third-order valence-electron chi connectivity index (χ3n) is 3.92.